The number of hydrogen-bond donors (Lipinski definition) is 1. The summed E-state index contributed by atoms with van der Waals surface area (Å²) in [6.07, 6.45) is 0.889. The molecule has 148 valence electrons. The van der Waals surface area contributed by atoms with Crippen molar-refractivity contribution in [1.82, 2.24) is 14.3 Å². The number of amides is 1. The Labute approximate surface area is 174 Å². The number of rotatable bonds is 5. The molecule has 2 heterocycles. The molecule has 0 saturated heterocycles. The quantitative estimate of drug-likeness (QED) is 0.499. The van der Waals surface area contributed by atoms with E-state index in [1.807, 2.05) is 72.6 Å². The number of aromatic nitrogens is 3. The van der Waals surface area contributed by atoms with Gasteiger partial charge in [-0.05, 0) is 44.0 Å². The molecule has 1 N–H and O–H groups in total. The predicted molar refractivity (Wildman–Crippen MR) is 118 cm³/mol. The Bertz CT molecular complexity index is 1190. The second kappa shape index (κ2) is 7.76. The van der Waals surface area contributed by atoms with Gasteiger partial charge >= 0.3 is 0 Å². The van der Waals surface area contributed by atoms with Gasteiger partial charge in [-0.3, -0.25) is 9.48 Å². The van der Waals surface area contributed by atoms with Gasteiger partial charge in [0.1, 0.15) is 5.69 Å². The summed E-state index contributed by atoms with van der Waals surface area (Å²) in [5.41, 5.74) is 5.30. The van der Waals surface area contributed by atoms with Crippen LogP contribution < -0.4 is 5.32 Å². The van der Waals surface area contributed by atoms with E-state index in [9.17, 15) is 4.79 Å². The number of aryl methyl sites for hydroxylation is 4. The minimum Gasteiger partial charge on any atom is -0.340 e. The van der Waals surface area contributed by atoms with Crippen LogP contribution in [0.3, 0.4) is 0 Å². The Morgan fingerprint density at radius 2 is 1.86 bits per heavy atom. The third kappa shape index (κ3) is 3.78. The van der Waals surface area contributed by atoms with E-state index < -0.39 is 0 Å². The van der Waals surface area contributed by atoms with Crippen molar-refractivity contribution >= 4 is 34.1 Å². The van der Waals surface area contributed by atoms with E-state index in [0.717, 1.165) is 40.9 Å². The van der Waals surface area contributed by atoms with E-state index in [4.69, 9.17) is 11.6 Å². The summed E-state index contributed by atoms with van der Waals surface area (Å²) in [7, 11) is 1.87. The van der Waals surface area contributed by atoms with Crippen LogP contribution in [0.4, 0.5) is 5.69 Å². The number of hydrogen-bond acceptors (Lipinski definition) is 2. The molecule has 0 aliphatic carbocycles. The van der Waals surface area contributed by atoms with Gasteiger partial charge in [-0.25, -0.2) is 0 Å². The number of carbonyl (C=O) groups excluding carboxylic acids is 1. The number of halogens is 1. The number of nitrogens with zero attached hydrogens (tertiary/aromatic N) is 3. The van der Waals surface area contributed by atoms with Crippen LogP contribution >= 0.6 is 11.6 Å². The summed E-state index contributed by atoms with van der Waals surface area (Å²) >= 11 is 6.10. The summed E-state index contributed by atoms with van der Waals surface area (Å²) in [5.74, 6) is -0.159. The zero-order chi connectivity index (χ0) is 20.5. The van der Waals surface area contributed by atoms with E-state index >= 15 is 0 Å². The monoisotopic (exact) mass is 406 g/mol. The van der Waals surface area contributed by atoms with Gasteiger partial charge in [0.2, 0.25) is 0 Å². The van der Waals surface area contributed by atoms with Crippen molar-refractivity contribution in [3.8, 4) is 0 Å². The number of benzene rings is 2. The maximum absolute atomic E-state index is 13.0. The molecule has 0 spiro atoms. The fraction of sp³-hybridized carbons (Fsp3) is 0.217. The number of carbonyl (C=O) groups is 1. The smallest absolute Gasteiger partial charge is 0.272 e. The lowest BCUT2D eigenvalue weighted by Gasteiger charge is -2.08. The third-order valence-electron chi connectivity index (χ3n) is 5.32. The fourth-order valence-electron chi connectivity index (χ4n) is 3.67. The second-order valence-corrected chi connectivity index (χ2v) is 7.69. The van der Waals surface area contributed by atoms with Crippen molar-refractivity contribution in [3.05, 3.63) is 82.3 Å². The zero-order valence-corrected chi connectivity index (χ0v) is 17.5. The minimum atomic E-state index is -0.159. The maximum atomic E-state index is 13.0. The van der Waals surface area contributed by atoms with Crippen LogP contribution in [0, 0.1) is 13.8 Å². The van der Waals surface area contributed by atoms with Gasteiger partial charge in [-0.15, -0.1) is 0 Å². The molecule has 2 aromatic heterocycles. The van der Waals surface area contributed by atoms with Crippen molar-refractivity contribution in [2.24, 2.45) is 7.05 Å². The van der Waals surface area contributed by atoms with Gasteiger partial charge in [0.15, 0.2) is 0 Å². The van der Waals surface area contributed by atoms with Crippen LogP contribution in [0.1, 0.15) is 27.4 Å². The Morgan fingerprint density at radius 1 is 1.10 bits per heavy atom. The molecular weight excluding hydrogens is 384 g/mol. The third-order valence-corrected chi connectivity index (χ3v) is 5.55. The highest BCUT2D eigenvalue weighted by Gasteiger charge is 2.18. The molecule has 0 bridgehead atoms. The first-order chi connectivity index (χ1) is 13.9. The molecule has 0 aliphatic heterocycles. The van der Waals surface area contributed by atoms with Crippen molar-refractivity contribution in [2.75, 3.05) is 5.32 Å². The SMILES string of the molecule is Cc1nn(CCc2ccccc2)c(C)c1NC(=O)c1cc2ccc(Cl)cc2n1C. The van der Waals surface area contributed by atoms with Crippen LogP contribution in [0.15, 0.2) is 54.6 Å². The normalized spacial score (nSPS) is 11.2. The molecule has 1 amide bonds. The largest absolute Gasteiger partial charge is 0.340 e. The molecule has 0 unspecified atom stereocenters. The van der Waals surface area contributed by atoms with Crippen LogP contribution in [-0.2, 0) is 20.0 Å². The molecule has 2 aromatic carbocycles. The Kier molecular flexibility index (Phi) is 5.16. The zero-order valence-electron chi connectivity index (χ0n) is 16.7. The Morgan fingerprint density at radius 3 is 2.62 bits per heavy atom. The summed E-state index contributed by atoms with van der Waals surface area (Å²) in [6.45, 7) is 4.67. The van der Waals surface area contributed by atoms with Crippen molar-refractivity contribution in [2.45, 2.75) is 26.8 Å². The lowest BCUT2D eigenvalue weighted by molar-refractivity contribution is 0.101. The van der Waals surface area contributed by atoms with Gasteiger partial charge in [0.05, 0.1) is 17.1 Å². The first-order valence-electron chi connectivity index (χ1n) is 9.58. The van der Waals surface area contributed by atoms with Gasteiger partial charge in [0.25, 0.3) is 5.91 Å². The molecule has 0 fully saturated rings. The summed E-state index contributed by atoms with van der Waals surface area (Å²) in [6, 6.07) is 17.8. The van der Waals surface area contributed by atoms with Crippen molar-refractivity contribution in [1.29, 1.82) is 0 Å². The molecule has 4 rings (SSSR count). The van der Waals surface area contributed by atoms with E-state index in [1.54, 1.807) is 0 Å². The van der Waals surface area contributed by atoms with Crippen LogP contribution in [0.5, 0.6) is 0 Å². The molecule has 29 heavy (non-hydrogen) atoms. The Hall–Kier alpha value is -3.05. The summed E-state index contributed by atoms with van der Waals surface area (Å²) in [4.78, 5) is 13.0. The van der Waals surface area contributed by atoms with E-state index in [0.29, 0.717) is 10.7 Å². The second-order valence-electron chi connectivity index (χ2n) is 7.25. The molecule has 5 nitrogen and oxygen atoms in total. The summed E-state index contributed by atoms with van der Waals surface area (Å²) < 4.78 is 3.82. The van der Waals surface area contributed by atoms with E-state index in [1.165, 1.54) is 5.56 Å². The first-order valence-corrected chi connectivity index (χ1v) is 9.96. The number of fused-ring (bicyclic) bond motifs is 1. The number of anilines is 1. The predicted octanol–water partition coefficient (Wildman–Crippen LogP) is 5.14. The molecule has 0 saturated carbocycles. The topological polar surface area (TPSA) is 51.9 Å². The van der Waals surface area contributed by atoms with Gasteiger partial charge in [-0.2, -0.15) is 5.10 Å². The van der Waals surface area contributed by atoms with Gasteiger partial charge in [0, 0.05) is 29.5 Å². The molecule has 0 atom stereocenters. The van der Waals surface area contributed by atoms with Crippen LogP contribution in [0.2, 0.25) is 5.02 Å². The first kappa shape index (κ1) is 19.3. The van der Waals surface area contributed by atoms with Gasteiger partial charge < -0.3 is 9.88 Å². The average Bonchev–Trinajstić information content (AvgIpc) is 3.18. The van der Waals surface area contributed by atoms with Crippen molar-refractivity contribution in [3.63, 3.8) is 0 Å². The minimum absolute atomic E-state index is 0.159. The molecule has 4 aromatic rings. The standard InChI is InChI=1S/C23H23ClN4O/c1-15-22(16(2)28(26-15)12-11-17-7-5-4-6-8-17)25-23(29)21-13-18-9-10-19(24)14-20(18)27(21)3/h4-10,13-14H,11-12H2,1-3H3,(H,25,29). The van der Waals surface area contributed by atoms with Crippen LogP contribution in [-0.4, -0.2) is 20.3 Å². The lowest BCUT2D eigenvalue weighted by atomic mass is 10.1. The molecule has 0 radical (unpaired) electrons. The summed E-state index contributed by atoms with van der Waals surface area (Å²) in [5, 5.41) is 9.31. The average molecular weight is 407 g/mol. The lowest BCUT2D eigenvalue weighted by Crippen LogP contribution is -2.16. The molecule has 6 heteroatoms. The fourth-order valence-corrected chi connectivity index (χ4v) is 3.84. The highest BCUT2D eigenvalue weighted by Crippen LogP contribution is 2.25. The van der Waals surface area contributed by atoms with E-state index in [2.05, 4.69) is 22.5 Å². The maximum Gasteiger partial charge on any atom is 0.272 e. The Balaban J connectivity index is 1.56. The van der Waals surface area contributed by atoms with Crippen LogP contribution in [0.25, 0.3) is 10.9 Å². The van der Waals surface area contributed by atoms with Gasteiger partial charge in [-0.1, -0.05) is 48.0 Å². The number of nitrogens with one attached hydrogen (secondary N) is 1. The highest BCUT2D eigenvalue weighted by molar-refractivity contribution is 6.31. The molecular formula is C23H23ClN4O. The van der Waals surface area contributed by atoms with E-state index in [-0.39, 0.29) is 5.91 Å². The highest BCUT2D eigenvalue weighted by atomic mass is 35.5. The van der Waals surface area contributed by atoms with Crippen molar-refractivity contribution < 1.29 is 4.79 Å². The molecule has 0 aliphatic rings.